The van der Waals surface area contributed by atoms with Gasteiger partial charge in [0.1, 0.15) is 23.0 Å². The maximum Gasteiger partial charge on any atom is 0.341 e. The van der Waals surface area contributed by atoms with E-state index < -0.39 is 28.7 Å². The van der Waals surface area contributed by atoms with Crippen LogP contribution in [-0.2, 0) is 0 Å². The van der Waals surface area contributed by atoms with Crippen molar-refractivity contribution in [3.8, 4) is 11.1 Å². The summed E-state index contributed by atoms with van der Waals surface area (Å²) in [4.78, 5) is 24.7. The van der Waals surface area contributed by atoms with Crippen molar-refractivity contribution in [2.45, 2.75) is 0 Å². The number of rotatable bonds is 2. The van der Waals surface area contributed by atoms with Crippen molar-refractivity contribution < 1.29 is 18.7 Å². The van der Waals surface area contributed by atoms with Crippen molar-refractivity contribution in [3.63, 3.8) is 0 Å². The van der Waals surface area contributed by atoms with E-state index >= 15 is 0 Å². The van der Waals surface area contributed by atoms with Crippen molar-refractivity contribution in [2.75, 3.05) is 5.73 Å². The van der Waals surface area contributed by atoms with Gasteiger partial charge in [-0.3, -0.25) is 4.79 Å². The van der Waals surface area contributed by atoms with Crippen LogP contribution in [0.3, 0.4) is 0 Å². The SMILES string of the molecule is Nc1cc(-c2cc(F)ccc2F)c(C(=O)O)c(=O)[nH]1. The summed E-state index contributed by atoms with van der Waals surface area (Å²) in [5.41, 5.74) is 3.10. The molecule has 0 atom stereocenters. The number of carbonyl (C=O) groups is 1. The molecule has 0 amide bonds. The predicted molar refractivity (Wildman–Crippen MR) is 63.8 cm³/mol. The van der Waals surface area contributed by atoms with Crippen LogP contribution in [0.5, 0.6) is 0 Å². The van der Waals surface area contributed by atoms with E-state index in [9.17, 15) is 18.4 Å². The fraction of sp³-hybridized carbons (Fsp3) is 0. The van der Waals surface area contributed by atoms with Crippen molar-refractivity contribution in [1.82, 2.24) is 4.98 Å². The number of aromatic nitrogens is 1. The molecule has 0 spiro atoms. The number of H-pyrrole nitrogens is 1. The highest BCUT2D eigenvalue weighted by atomic mass is 19.1. The van der Waals surface area contributed by atoms with Crippen LogP contribution < -0.4 is 11.3 Å². The molecule has 1 aromatic carbocycles. The highest BCUT2D eigenvalue weighted by Crippen LogP contribution is 2.26. The average molecular weight is 266 g/mol. The molecule has 0 aliphatic rings. The van der Waals surface area contributed by atoms with Crippen LogP contribution in [-0.4, -0.2) is 16.1 Å². The molecule has 0 saturated carbocycles. The van der Waals surface area contributed by atoms with Crippen LogP contribution in [0.1, 0.15) is 10.4 Å². The lowest BCUT2D eigenvalue weighted by atomic mass is 10.0. The number of nitrogens with two attached hydrogens (primary N) is 1. The van der Waals surface area contributed by atoms with Crippen LogP contribution in [0, 0.1) is 11.6 Å². The number of pyridine rings is 1. The zero-order valence-corrected chi connectivity index (χ0v) is 9.41. The molecule has 0 fully saturated rings. The van der Waals surface area contributed by atoms with Gasteiger partial charge in [-0.1, -0.05) is 0 Å². The van der Waals surface area contributed by atoms with E-state index in [1.54, 1.807) is 0 Å². The Morgan fingerprint density at radius 2 is 1.89 bits per heavy atom. The molecule has 2 rings (SSSR count). The van der Waals surface area contributed by atoms with E-state index in [1.165, 1.54) is 0 Å². The van der Waals surface area contributed by atoms with E-state index in [1.807, 2.05) is 0 Å². The molecular weight excluding hydrogens is 258 g/mol. The minimum atomic E-state index is -1.56. The third-order valence-corrected chi connectivity index (χ3v) is 2.49. The van der Waals surface area contributed by atoms with Gasteiger partial charge in [0.05, 0.1) is 0 Å². The van der Waals surface area contributed by atoms with Crippen LogP contribution in [0.2, 0.25) is 0 Å². The molecule has 2 aromatic rings. The maximum absolute atomic E-state index is 13.6. The summed E-state index contributed by atoms with van der Waals surface area (Å²) < 4.78 is 26.8. The Bertz CT molecular complexity index is 725. The Balaban J connectivity index is 2.85. The third kappa shape index (κ3) is 2.30. The van der Waals surface area contributed by atoms with Crippen LogP contribution in [0.25, 0.3) is 11.1 Å². The van der Waals surface area contributed by atoms with Crippen molar-refractivity contribution in [1.29, 1.82) is 0 Å². The molecular formula is C12H8F2N2O3. The van der Waals surface area contributed by atoms with Crippen molar-refractivity contribution in [3.05, 3.63) is 51.8 Å². The zero-order valence-electron chi connectivity index (χ0n) is 9.41. The van der Waals surface area contributed by atoms with Gasteiger partial charge in [-0.25, -0.2) is 13.6 Å². The van der Waals surface area contributed by atoms with Crippen LogP contribution in [0.15, 0.2) is 29.1 Å². The molecule has 0 aliphatic carbocycles. The first-order valence-electron chi connectivity index (χ1n) is 5.11. The van der Waals surface area contributed by atoms with Crippen molar-refractivity contribution >= 4 is 11.8 Å². The van der Waals surface area contributed by atoms with Gasteiger partial charge < -0.3 is 15.8 Å². The second-order valence-corrected chi connectivity index (χ2v) is 3.77. The monoisotopic (exact) mass is 266 g/mol. The molecule has 1 heterocycles. The molecule has 5 nitrogen and oxygen atoms in total. The lowest BCUT2D eigenvalue weighted by Gasteiger charge is -2.08. The number of carboxylic acid groups (broad SMARTS) is 1. The second-order valence-electron chi connectivity index (χ2n) is 3.77. The number of hydrogen-bond donors (Lipinski definition) is 3. The third-order valence-electron chi connectivity index (χ3n) is 2.49. The van der Waals surface area contributed by atoms with Crippen molar-refractivity contribution in [2.24, 2.45) is 0 Å². The molecule has 0 aliphatic heterocycles. The van der Waals surface area contributed by atoms with E-state index in [0.717, 1.165) is 24.3 Å². The maximum atomic E-state index is 13.6. The summed E-state index contributed by atoms with van der Waals surface area (Å²) in [7, 11) is 0. The molecule has 19 heavy (non-hydrogen) atoms. The van der Waals surface area contributed by atoms with Crippen LogP contribution in [0.4, 0.5) is 14.6 Å². The summed E-state index contributed by atoms with van der Waals surface area (Å²) in [6, 6.07) is 3.60. The number of anilines is 1. The van der Waals surface area contributed by atoms with E-state index in [2.05, 4.69) is 4.98 Å². The number of benzene rings is 1. The highest BCUT2D eigenvalue weighted by Gasteiger charge is 2.20. The lowest BCUT2D eigenvalue weighted by Crippen LogP contribution is -2.20. The number of carboxylic acids is 1. The molecule has 0 unspecified atom stereocenters. The molecule has 1 aromatic heterocycles. The predicted octanol–water partition coefficient (Wildman–Crippen LogP) is 1.60. The van der Waals surface area contributed by atoms with Gasteiger partial charge in [-0.15, -0.1) is 0 Å². The van der Waals surface area contributed by atoms with E-state index in [-0.39, 0.29) is 16.9 Å². The van der Waals surface area contributed by atoms with Crippen LogP contribution >= 0.6 is 0 Å². The Kier molecular flexibility index (Phi) is 3.04. The second kappa shape index (κ2) is 4.52. The van der Waals surface area contributed by atoms with Gasteiger partial charge in [0.2, 0.25) is 0 Å². The first-order chi connectivity index (χ1) is 8.90. The first kappa shape index (κ1) is 12.7. The number of halogens is 2. The van der Waals surface area contributed by atoms with Gasteiger partial charge in [0.25, 0.3) is 5.56 Å². The molecule has 7 heteroatoms. The normalized spacial score (nSPS) is 10.4. The summed E-state index contributed by atoms with van der Waals surface area (Å²) in [6.45, 7) is 0. The smallest absolute Gasteiger partial charge is 0.341 e. The van der Waals surface area contributed by atoms with Gasteiger partial charge in [0.15, 0.2) is 0 Å². The quantitative estimate of drug-likeness (QED) is 0.769. The van der Waals surface area contributed by atoms with E-state index in [4.69, 9.17) is 10.8 Å². The minimum Gasteiger partial charge on any atom is -0.477 e. The number of hydrogen-bond acceptors (Lipinski definition) is 3. The fourth-order valence-electron chi connectivity index (χ4n) is 1.71. The largest absolute Gasteiger partial charge is 0.477 e. The van der Waals surface area contributed by atoms with Gasteiger partial charge in [-0.05, 0) is 24.3 Å². The zero-order chi connectivity index (χ0) is 14.2. The number of nitrogen functional groups attached to an aromatic ring is 1. The summed E-state index contributed by atoms with van der Waals surface area (Å²) in [5.74, 6) is -3.31. The molecule has 0 bridgehead atoms. The Morgan fingerprint density at radius 1 is 1.21 bits per heavy atom. The Hall–Kier alpha value is -2.70. The minimum absolute atomic E-state index is 0.145. The fourth-order valence-corrected chi connectivity index (χ4v) is 1.71. The summed E-state index contributed by atoms with van der Waals surface area (Å²) in [5, 5.41) is 8.98. The van der Waals surface area contributed by atoms with E-state index in [0.29, 0.717) is 0 Å². The molecule has 4 N–H and O–H groups in total. The first-order valence-corrected chi connectivity index (χ1v) is 5.11. The molecule has 0 saturated heterocycles. The molecule has 98 valence electrons. The lowest BCUT2D eigenvalue weighted by molar-refractivity contribution is 0.0696. The standard InChI is InChI=1S/C12H8F2N2O3/c13-5-1-2-8(14)6(3-5)7-4-9(15)16-11(17)10(7)12(18)19/h1-4H,(H,18,19)(H3,15,16,17). The van der Waals surface area contributed by atoms with Gasteiger partial charge >= 0.3 is 5.97 Å². The number of aromatic amines is 1. The molecule has 0 radical (unpaired) electrons. The highest BCUT2D eigenvalue weighted by molar-refractivity contribution is 5.96. The number of nitrogens with one attached hydrogen (secondary N) is 1. The number of aromatic carboxylic acids is 1. The summed E-state index contributed by atoms with van der Waals surface area (Å²) >= 11 is 0. The van der Waals surface area contributed by atoms with Gasteiger partial charge in [0, 0.05) is 11.1 Å². The average Bonchev–Trinajstić information content (AvgIpc) is 2.30. The Labute approximate surface area is 105 Å². The van der Waals surface area contributed by atoms with Gasteiger partial charge in [-0.2, -0.15) is 0 Å². The topological polar surface area (TPSA) is 96.2 Å². The summed E-state index contributed by atoms with van der Waals surface area (Å²) in [6.07, 6.45) is 0. The Morgan fingerprint density at radius 3 is 2.53 bits per heavy atom.